The molecule has 2 rings (SSSR count). The lowest BCUT2D eigenvalue weighted by atomic mass is 9.99. The van der Waals surface area contributed by atoms with Crippen molar-refractivity contribution in [1.29, 1.82) is 0 Å². The van der Waals surface area contributed by atoms with E-state index in [-0.39, 0.29) is 24.3 Å². The lowest BCUT2D eigenvalue weighted by Gasteiger charge is -2.22. The molecule has 2 amide bonds. The number of rotatable bonds is 3. The highest BCUT2D eigenvalue weighted by atomic mass is 16.2. The number of hydrogen-bond donors (Lipinski definition) is 2. The highest BCUT2D eigenvalue weighted by molar-refractivity contribution is 5.86. The highest BCUT2D eigenvalue weighted by Crippen LogP contribution is 2.10. The van der Waals surface area contributed by atoms with E-state index in [0.29, 0.717) is 0 Å². The van der Waals surface area contributed by atoms with E-state index in [1.165, 1.54) is 0 Å². The lowest BCUT2D eigenvalue weighted by molar-refractivity contribution is -0.133. The largest absolute Gasteiger partial charge is 0.347 e. The van der Waals surface area contributed by atoms with Gasteiger partial charge in [0.2, 0.25) is 11.8 Å². The van der Waals surface area contributed by atoms with Crippen LogP contribution in [-0.4, -0.2) is 49.4 Å². The Morgan fingerprint density at radius 3 is 2.65 bits per heavy atom. The molecule has 5 nitrogen and oxygen atoms in total. The van der Waals surface area contributed by atoms with Gasteiger partial charge in [0.1, 0.15) is 0 Å². The zero-order valence-electron chi connectivity index (χ0n) is 10.2. The van der Waals surface area contributed by atoms with E-state index in [1.54, 1.807) is 0 Å². The summed E-state index contributed by atoms with van der Waals surface area (Å²) in [4.78, 5) is 25.4. The molecule has 2 saturated heterocycles. The van der Waals surface area contributed by atoms with E-state index in [4.69, 9.17) is 0 Å². The van der Waals surface area contributed by atoms with Gasteiger partial charge in [-0.05, 0) is 32.2 Å². The molecule has 0 spiro atoms. The van der Waals surface area contributed by atoms with Crippen LogP contribution in [0.1, 0.15) is 25.7 Å². The summed E-state index contributed by atoms with van der Waals surface area (Å²) in [6.45, 7) is 3.59. The first-order valence-corrected chi connectivity index (χ1v) is 6.53. The molecule has 0 aromatic rings. The molecule has 2 aliphatic rings. The van der Waals surface area contributed by atoms with Gasteiger partial charge in [-0.25, -0.2) is 0 Å². The van der Waals surface area contributed by atoms with Gasteiger partial charge in [0.15, 0.2) is 0 Å². The summed E-state index contributed by atoms with van der Waals surface area (Å²) in [5.74, 6) is 0.111. The van der Waals surface area contributed by atoms with Gasteiger partial charge in [-0.1, -0.05) is 0 Å². The third-order valence-electron chi connectivity index (χ3n) is 3.54. The molecule has 0 unspecified atom stereocenters. The molecule has 0 radical (unpaired) electrons. The first-order chi connectivity index (χ1) is 8.27. The molecule has 0 aromatic heterocycles. The first kappa shape index (κ1) is 12.4. The maximum atomic E-state index is 11.8. The van der Waals surface area contributed by atoms with Crippen LogP contribution in [0.25, 0.3) is 0 Å². The van der Waals surface area contributed by atoms with Crippen LogP contribution in [0.5, 0.6) is 0 Å². The zero-order valence-corrected chi connectivity index (χ0v) is 10.2. The molecular weight excluding hydrogens is 218 g/mol. The van der Waals surface area contributed by atoms with E-state index in [9.17, 15) is 9.59 Å². The number of nitrogens with one attached hydrogen (secondary N) is 2. The minimum Gasteiger partial charge on any atom is -0.347 e. The Labute approximate surface area is 102 Å². The van der Waals surface area contributed by atoms with Gasteiger partial charge in [0.25, 0.3) is 0 Å². The maximum Gasteiger partial charge on any atom is 0.241 e. The van der Waals surface area contributed by atoms with Crippen molar-refractivity contribution in [2.45, 2.75) is 25.7 Å². The van der Waals surface area contributed by atoms with Crippen molar-refractivity contribution in [3.8, 4) is 0 Å². The number of piperidine rings is 1. The quantitative estimate of drug-likeness (QED) is 0.712. The number of amides is 2. The zero-order chi connectivity index (χ0) is 12.1. The van der Waals surface area contributed by atoms with Crippen molar-refractivity contribution in [2.24, 2.45) is 5.92 Å². The van der Waals surface area contributed by atoms with Crippen LogP contribution in [0.3, 0.4) is 0 Å². The SMILES string of the molecule is O=C(NCC(=O)N1CCCC1)[C@@H]1CCCNC1. The predicted molar refractivity (Wildman–Crippen MR) is 64.4 cm³/mol. The number of nitrogens with zero attached hydrogens (tertiary/aromatic N) is 1. The monoisotopic (exact) mass is 239 g/mol. The van der Waals surface area contributed by atoms with Gasteiger partial charge in [-0.15, -0.1) is 0 Å². The van der Waals surface area contributed by atoms with Crippen molar-refractivity contribution >= 4 is 11.8 Å². The standard InChI is InChI=1S/C12H21N3O2/c16-11(15-6-1-2-7-15)9-14-12(17)10-4-3-5-13-8-10/h10,13H,1-9H2,(H,14,17)/t10-/m1/s1. The average molecular weight is 239 g/mol. The van der Waals surface area contributed by atoms with Crippen molar-refractivity contribution in [3.05, 3.63) is 0 Å². The minimum atomic E-state index is 0.0183. The fourth-order valence-electron chi connectivity index (χ4n) is 2.46. The van der Waals surface area contributed by atoms with Gasteiger partial charge in [0.05, 0.1) is 12.5 Å². The van der Waals surface area contributed by atoms with E-state index in [2.05, 4.69) is 10.6 Å². The Balaban J connectivity index is 1.69. The van der Waals surface area contributed by atoms with Crippen LogP contribution >= 0.6 is 0 Å². The number of carbonyl (C=O) groups is 2. The molecule has 0 saturated carbocycles. The molecule has 1 atom stereocenters. The normalized spacial score (nSPS) is 24.7. The third-order valence-corrected chi connectivity index (χ3v) is 3.54. The third kappa shape index (κ3) is 3.43. The smallest absolute Gasteiger partial charge is 0.241 e. The van der Waals surface area contributed by atoms with E-state index < -0.39 is 0 Å². The summed E-state index contributed by atoms with van der Waals surface area (Å²) in [5.41, 5.74) is 0. The van der Waals surface area contributed by atoms with Crippen molar-refractivity contribution in [1.82, 2.24) is 15.5 Å². The van der Waals surface area contributed by atoms with Gasteiger partial charge >= 0.3 is 0 Å². The van der Waals surface area contributed by atoms with Crippen LogP contribution in [-0.2, 0) is 9.59 Å². The van der Waals surface area contributed by atoms with E-state index in [1.807, 2.05) is 4.90 Å². The van der Waals surface area contributed by atoms with Crippen LogP contribution in [0, 0.1) is 5.92 Å². The maximum absolute atomic E-state index is 11.8. The fourth-order valence-corrected chi connectivity index (χ4v) is 2.46. The Morgan fingerprint density at radius 1 is 1.24 bits per heavy atom. The summed E-state index contributed by atoms with van der Waals surface area (Å²) < 4.78 is 0. The predicted octanol–water partition coefficient (Wildman–Crippen LogP) is -0.275. The molecule has 2 N–H and O–H groups in total. The van der Waals surface area contributed by atoms with E-state index in [0.717, 1.165) is 51.9 Å². The Hall–Kier alpha value is -1.10. The fraction of sp³-hybridized carbons (Fsp3) is 0.833. The molecule has 2 heterocycles. The van der Waals surface area contributed by atoms with Crippen molar-refractivity contribution in [2.75, 3.05) is 32.7 Å². The summed E-state index contributed by atoms with van der Waals surface area (Å²) in [6, 6.07) is 0. The van der Waals surface area contributed by atoms with Crippen LogP contribution in [0.4, 0.5) is 0 Å². The number of likely N-dealkylation sites (tertiary alicyclic amines) is 1. The summed E-state index contributed by atoms with van der Waals surface area (Å²) in [7, 11) is 0. The first-order valence-electron chi connectivity index (χ1n) is 6.53. The molecule has 2 aliphatic heterocycles. The van der Waals surface area contributed by atoms with Gasteiger partial charge in [-0.3, -0.25) is 9.59 Å². The van der Waals surface area contributed by atoms with Gasteiger partial charge < -0.3 is 15.5 Å². The van der Waals surface area contributed by atoms with Crippen LogP contribution in [0.15, 0.2) is 0 Å². The molecule has 0 aliphatic carbocycles. The Kier molecular flexibility index (Phi) is 4.36. The molecule has 17 heavy (non-hydrogen) atoms. The van der Waals surface area contributed by atoms with Gasteiger partial charge in [0, 0.05) is 19.6 Å². The topological polar surface area (TPSA) is 61.4 Å². The minimum absolute atomic E-state index is 0.0183. The van der Waals surface area contributed by atoms with Gasteiger partial charge in [-0.2, -0.15) is 0 Å². The second-order valence-electron chi connectivity index (χ2n) is 4.85. The Bertz CT molecular complexity index is 281. The van der Waals surface area contributed by atoms with E-state index >= 15 is 0 Å². The van der Waals surface area contributed by atoms with Crippen molar-refractivity contribution in [3.63, 3.8) is 0 Å². The summed E-state index contributed by atoms with van der Waals surface area (Å²) >= 11 is 0. The Morgan fingerprint density at radius 2 is 2.00 bits per heavy atom. The molecule has 5 heteroatoms. The molecule has 96 valence electrons. The summed E-state index contributed by atoms with van der Waals surface area (Å²) in [6.07, 6.45) is 4.15. The highest BCUT2D eigenvalue weighted by Gasteiger charge is 2.23. The second-order valence-corrected chi connectivity index (χ2v) is 4.85. The molecular formula is C12H21N3O2. The lowest BCUT2D eigenvalue weighted by Crippen LogP contribution is -2.44. The number of hydrogen-bond acceptors (Lipinski definition) is 3. The molecule has 2 fully saturated rings. The molecule has 0 bridgehead atoms. The van der Waals surface area contributed by atoms with Crippen LogP contribution < -0.4 is 10.6 Å². The van der Waals surface area contributed by atoms with Crippen molar-refractivity contribution < 1.29 is 9.59 Å². The average Bonchev–Trinajstić information content (AvgIpc) is 2.90. The van der Waals surface area contributed by atoms with Crippen LogP contribution in [0.2, 0.25) is 0 Å². The summed E-state index contributed by atoms with van der Waals surface area (Å²) in [5, 5.41) is 5.96. The second kappa shape index (κ2) is 6.00. The number of carbonyl (C=O) groups excluding carboxylic acids is 2. The molecule has 0 aromatic carbocycles.